The standard InChI is InChI=1S/C12H12ClF3O4/c1-2-20-11(19)10(18)9(17)7-5-6(12(14,15)16)3-4-8(7)13/h3-5,9-10,17-18H,2H2,1H3. The molecular formula is C12H12ClF3O4. The molecule has 4 nitrogen and oxygen atoms in total. The lowest BCUT2D eigenvalue weighted by Crippen LogP contribution is -2.30. The molecule has 8 heteroatoms. The number of hydrogen-bond acceptors (Lipinski definition) is 4. The van der Waals surface area contributed by atoms with Gasteiger partial charge in [0.25, 0.3) is 0 Å². The van der Waals surface area contributed by atoms with Crippen LogP contribution < -0.4 is 0 Å². The lowest BCUT2D eigenvalue weighted by atomic mass is 10.0. The van der Waals surface area contributed by atoms with Crippen LogP contribution in [-0.2, 0) is 15.7 Å². The number of carbonyl (C=O) groups is 1. The quantitative estimate of drug-likeness (QED) is 0.837. The van der Waals surface area contributed by atoms with Crippen molar-refractivity contribution in [1.29, 1.82) is 0 Å². The molecule has 0 fully saturated rings. The van der Waals surface area contributed by atoms with E-state index in [1.165, 1.54) is 6.92 Å². The van der Waals surface area contributed by atoms with E-state index in [9.17, 15) is 28.2 Å². The summed E-state index contributed by atoms with van der Waals surface area (Å²) in [5.74, 6) is -1.14. The molecule has 0 aliphatic heterocycles. The monoisotopic (exact) mass is 312 g/mol. The van der Waals surface area contributed by atoms with Gasteiger partial charge in [-0.2, -0.15) is 13.2 Å². The summed E-state index contributed by atoms with van der Waals surface area (Å²) in [6, 6.07) is 2.24. The van der Waals surface area contributed by atoms with Gasteiger partial charge in [-0.1, -0.05) is 11.6 Å². The van der Waals surface area contributed by atoms with E-state index in [0.717, 1.165) is 12.1 Å². The molecule has 1 rings (SSSR count). The van der Waals surface area contributed by atoms with Crippen molar-refractivity contribution < 1.29 is 32.9 Å². The molecule has 0 aliphatic rings. The maximum atomic E-state index is 12.6. The van der Waals surface area contributed by atoms with E-state index < -0.39 is 35.5 Å². The summed E-state index contributed by atoms with van der Waals surface area (Å²) in [6.07, 6.45) is -8.56. The zero-order valence-electron chi connectivity index (χ0n) is 10.3. The van der Waals surface area contributed by atoms with Gasteiger partial charge in [0.2, 0.25) is 0 Å². The van der Waals surface area contributed by atoms with E-state index in [1.54, 1.807) is 0 Å². The molecule has 2 atom stereocenters. The van der Waals surface area contributed by atoms with Crippen LogP contribution in [-0.4, -0.2) is 28.9 Å². The molecule has 1 aromatic rings. The minimum atomic E-state index is -4.63. The first-order chi connectivity index (χ1) is 9.18. The van der Waals surface area contributed by atoms with Crippen LogP contribution in [0.2, 0.25) is 5.02 Å². The van der Waals surface area contributed by atoms with Gasteiger partial charge in [0.05, 0.1) is 12.2 Å². The van der Waals surface area contributed by atoms with Crippen molar-refractivity contribution in [3.63, 3.8) is 0 Å². The SMILES string of the molecule is CCOC(=O)C(O)C(O)c1cc(C(F)(F)F)ccc1Cl. The highest BCUT2D eigenvalue weighted by atomic mass is 35.5. The Labute approximate surface area is 117 Å². The molecule has 112 valence electrons. The minimum Gasteiger partial charge on any atom is -0.464 e. The molecule has 2 N–H and O–H groups in total. The topological polar surface area (TPSA) is 66.8 Å². The van der Waals surface area contributed by atoms with Gasteiger partial charge < -0.3 is 14.9 Å². The van der Waals surface area contributed by atoms with Gasteiger partial charge in [-0.25, -0.2) is 4.79 Å². The summed E-state index contributed by atoms with van der Waals surface area (Å²) in [7, 11) is 0. The highest BCUT2D eigenvalue weighted by molar-refractivity contribution is 6.31. The first-order valence-corrected chi connectivity index (χ1v) is 5.95. The van der Waals surface area contributed by atoms with E-state index in [-0.39, 0.29) is 11.6 Å². The van der Waals surface area contributed by atoms with Gasteiger partial charge in [0.1, 0.15) is 6.10 Å². The number of benzene rings is 1. The molecule has 0 heterocycles. The fourth-order valence-corrected chi connectivity index (χ4v) is 1.70. The molecular weight excluding hydrogens is 301 g/mol. The Balaban J connectivity index is 3.09. The fourth-order valence-electron chi connectivity index (χ4n) is 1.47. The average Bonchev–Trinajstić information content (AvgIpc) is 2.36. The number of halogens is 4. The fraction of sp³-hybridized carbons (Fsp3) is 0.417. The molecule has 0 aromatic heterocycles. The van der Waals surface area contributed by atoms with Crippen LogP contribution in [0.5, 0.6) is 0 Å². The van der Waals surface area contributed by atoms with Crippen molar-refractivity contribution in [2.45, 2.75) is 25.3 Å². The van der Waals surface area contributed by atoms with Crippen molar-refractivity contribution in [3.05, 3.63) is 34.3 Å². The zero-order valence-corrected chi connectivity index (χ0v) is 11.1. The van der Waals surface area contributed by atoms with E-state index in [1.807, 2.05) is 0 Å². The predicted octanol–water partition coefficient (Wildman–Crippen LogP) is 2.32. The van der Waals surface area contributed by atoms with E-state index in [2.05, 4.69) is 4.74 Å². The molecule has 0 radical (unpaired) electrons. The molecule has 20 heavy (non-hydrogen) atoms. The number of rotatable bonds is 4. The number of aliphatic hydroxyl groups excluding tert-OH is 2. The van der Waals surface area contributed by atoms with Crippen LogP contribution >= 0.6 is 11.6 Å². The van der Waals surface area contributed by atoms with Gasteiger partial charge in [0, 0.05) is 10.6 Å². The molecule has 0 saturated heterocycles. The van der Waals surface area contributed by atoms with E-state index in [0.29, 0.717) is 6.07 Å². The Morgan fingerprint density at radius 2 is 2.00 bits per heavy atom. The lowest BCUT2D eigenvalue weighted by molar-refractivity contribution is -0.159. The molecule has 0 bridgehead atoms. The van der Waals surface area contributed by atoms with E-state index >= 15 is 0 Å². The van der Waals surface area contributed by atoms with Crippen molar-refractivity contribution in [3.8, 4) is 0 Å². The number of ether oxygens (including phenoxy) is 1. The lowest BCUT2D eigenvalue weighted by Gasteiger charge is -2.19. The number of carbonyl (C=O) groups excluding carboxylic acids is 1. The van der Waals surface area contributed by atoms with Crippen LogP contribution in [0.1, 0.15) is 24.2 Å². The molecule has 1 aromatic carbocycles. The second-order valence-corrected chi connectivity index (χ2v) is 4.28. The number of hydrogen-bond donors (Lipinski definition) is 2. The highest BCUT2D eigenvalue weighted by Gasteiger charge is 2.34. The van der Waals surface area contributed by atoms with Gasteiger partial charge in [0.15, 0.2) is 6.10 Å². The van der Waals surface area contributed by atoms with Gasteiger partial charge >= 0.3 is 12.1 Å². The smallest absolute Gasteiger partial charge is 0.416 e. The summed E-state index contributed by atoms with van der Waals surface area (Å²) in [4.78, 5) is 11.3. The molecule has 0 amide bonds. The Kier molecular flexibility index (Phi) is 5.38. The Bertz CT molecular complexity index is 490. The average molecular weight is 313 g/mol. The van der Waals surface area contributed by atoms with Crippen molar-refractivity contribution in [2.75, 3.05) is 6.61 Å². The number of aliphatic hydroxyl groups is 2. The molecule has 2 unspecified atom stereocenters. The van der Waals surface area contributed by atoms with Crippen LogP contribution in [0.4, 0.5) is 13.2 Å². The van der Waals surface area contributed by atoms with Crippen LogP contribution in [0.3, 0.4) is 0 Å². The number of esters is 1. The summed E-state index contributed by atoms with van der Waals surface area (Å²) in [5.41, 5.74) is -1.45. The predicted molar refractivity (Wildman–Crippen MR) is 64.1 cm³/mol. The summed E-state index contributed by atoms with van der Waals surface area (Å²) < 4.78 is 42.2. The van der Waals surface area contributed by atoms with Gasteiger partial charge in [-0.3, -0.25) is 0 Å². The summed E-state index contributed by atoms with van der Waals surface area (Å²) >= 11 is 5.68. The van der Waals surface area contributed by atoms with Crippen molar-refractivity contribution >= 4 is 17.6 Å². The van der Waals surface area contributed by atoms with Crippen molar-refractivity contribution in [1.82, 2.24) is 0 Å². The second kappa shape index (κ2) is 6.43. The van der Waals surface area contributed by atoms with Crippen molar-refractivity contribution in [2.24, 2.45) is 0 Å². The maximum absolute atomic E-state index is 12.6. The van der Waals surface area contributed by atoms with Gasteiger partial charge in [-0.15, -0.1) is 0 Å². The minimum absolute atomic E-state index is 0.0427. The van der Waals surface area contributed by atoms with Crippen LogP contribution in [0.25, 0.3) is 0 Å². The first-order valence-electron chi connectivity index (χ1n) is 5.58. The van der Waals surface area contributed by atoms with Crippen LogP contribution in [0, 0.1) is 0 Å². The zero-order chi connectivity index (χ0) is 15.5. The summed E-state index contributed by atoms with van der Waals surface area (Å²) in [5, 5.41) is 19.1. The third kappa shape index (κ3) is 3.84. The summed E-state index contributed by atoms with van der Waals surface area (Å²) in [6.45, 7) is 1.44. The molecule has 0 aliphatic carbocycles. The Morgan fingerprint density at radius 1 is 1.40 bits per heavy atom. The first kappa shape index (κ1) is 16.7. The highest BCUT2D eigenvalue weighted by Crippen LogP contribution is 2.34. The third-order valence-electron chi connectivity index (χ3n) is 2.47. The van der Waals surface area contributed by atoms with Crippen LogP contribution in [0.15, 0.2) is 18.2 Å². The second-order valence-electron chi connectivity index (χ2n) is 3.88. The van der Waals surface area contributed by atoms with Gasteiger partial charge in [-0.05, 0) is 25.1 Å². The Morgan fingerprint density at radius 3 is 2.50 bits per heavy atom. The largest absolute Gasteiger partial charge is 0.464 e. The van der Waals surface area contributed by atoms with E-state index in [4.69, 9.17) is 11.6 Å². The normalized spacial score (nSPS) is 14.8. The molecule has 0 spiro atoms. The maximum Gasteiger partial charge on any atom is 0.416 e. The Hall–Kier alpha value is -1.31. The molecule has 0 saturated carbocycles. The third-order valence-corrected chi connectivity index (χ3v) is 2.81. The number of alkyl halides is 3.